The van der Waals surface area contributed by atoms with Crippen LogP contribution in [0.1, 0.15) is 60.5 Å². The van der Waals surface area contributed by atoms with Gasteiger partial charge in [-0.25, -0.2) is 4.79 Å². The van der Waals surface area contributed by atoms with Gasteiger partial charge in [0.1, 0.15) is 23.7 Å². The maximum atomic E-state index is 12.2. The van der Waals surface area contributed by atoms with Crippen LogP contribution in [-0.4, -0.2) is 16.7 Å². The minimum atomic E-state index is -0.347. The Kier molecular flexibility index (Phi) is 2.66. The third kappa shape index (κ3) is 1.73. The van der Waals surface area contributed by atoms with Crippen LogP contribution in [0.4, 0.5) is 0 Å². The number of phenolic OH excluding ortho intramolecular Hbond substituents is 1. The van der Waals surface area contributed by atoms with Crippen LogP contribution in [0, 0.1) is 5.92 Å². The van der Waals surface area contributed by atoms with Crippen LogP contribution in [0.15, 0.2) is 18.2 Å². The second-order valence-corrected chi connectivity index (χ2v) is 7.09. The molecule has 1 saturated carbocycles. The Morgan fingerprint density at radius 1 is 1.50 bits per heavy atom. The largest absolute Gasteiger partial charge is 0.507 e. The fourth-order valence-electron chi connectivity index (χ4n) is 4.37. The number of benzene rings is 1. The summed E-state index contributed by atoms with van der Waals surface area (Å²) in [6, 6.07) is 1.65. The van der Waals surface area contributed by atoms with Gasteiger partial charge in [0.15, 0.2) is 0 Å². The molecular weight excluding hydrogens is 280 g/mol. The molecule has 4 heteroatoms. The number of carbonyl (C=O) groups excluding carboxylic acids is 1. The molecule has 3 atom stereocenters. The summed E-state index contributed by atoms with van der Waals surface area (Å²) >= 11 is 0. The molecule has 22 heavy (non-hydrogen) atoms. The van der Waals surface area contributed by atoms with Gasteiger partial charge in [0, 0.05) is 17.2 Å². The molecule has 4 nitrogen and oxygen atoms in total. The van der Waals surface area contributed by atoms with Gasteiger partial charge in [0.25, 0.3) is 0 Å². The first-order chi connectivity index (χ1) is 10.4. The zero-order valence-electron chi connectivity index (χ0n) is 12.9. The van der Waals surface area contributed by atoms with Gasteiger partial charge in [-0.3, -0.25) is 0 Å². The fourth-order valence-corrected chi connectivity index (χ4v) is 4.37. The second-order valence-electron chi connectivity index (χ2n) is 7.09. The Labute approximate surface area is 129 Å². The summed E-state index contributed by atoms with van der Waals surface area (Å²) in [7, 11) is 0. The first-order valence-corrected chi connectivity index (χ1v) is 7.80. The van der Waals surface area contributed by atoms with Gasteiger partial charge in [-0.2, -0.15) is 0 Å². The van der Waals surface area contributed by atoms with Crippen LogP contribution in [0.5, 0.6) is 11.5 Å². The van der Waals surface area contributed by atoms with Crippen molar-refractivity contribution >= 4 is 5.97 Å². The predicted molar refractivity (Wildman–Crippen MR) is 81.2 cm³/mol. The molecule has 2 heterocycles. The smallest absolute Gasteiger partial charge is 0.339 e. The lowest BCUT2D eigenvalue weighted by molar-refractivity contribution is 0.00650. The number of hydrogen-bond acceptors (Lipinski definition) is 4. The van der Waals surface area contributed by atoms with Gasteiger partial charge in [-0.1, -0.05) is 12.2 Å². The molecule has 3 aliphatic rings. The standard InChI is InChI=1S/C18H20O4/c1-9(2)10-4-5-18(3)7-11(10)15-14(22-18)6-13(19)12-8-21-17(20)16(12)15/h6,10-11,19H,1,4-5,7-8H2,2-3H3/t10-,11-,18-/m1/s1. The Morgan fingerprint density at radius 2 is 2.27 bits per heavy atom. The van der Waals surface area contributed by atoms with Gasteiger partial charge < -0.3 is 14.6 Å². The highest BCUT2D eigenvalue weighted by Gasteiger charge is 2.48. The average Bonchev–Trinajstić information content (AvgIpc) is 2.80. The molecule has 0 spiro atoms. The van der Waals surface area contributed by atoms with Gasteiger partial charge >= 0.3 is 5.97 Å². The van der Waals surface area contributed by atoms with E-state index in [1.165, 1.54) is 0 Å². The Bertz CT molecular complexity index is 706. The number of fused-ring (bicyclic) bond motifs is 6. The monoisotopic (exact) mass is 300 g/mol. The number of carbonyl (C=O) groups is 1. The van der Waals surface area contributed by atoms with Crippen LogP contribution in [-0.2, 0) is 11.3 Å². The third-order valence-electron chi connectivity index (χ3n) is 5.45. The van der Waals surface area contributed by atoms with Gasteiger partial charge in [-0.05, 0) is 44.9 Å². The molecule has 1 aromatic rings. The molecule has 1 aromatic carbocycles. The number of aromatic hydroxyl groups is 1. The molecule has 116 valence electrons. The van der Waals surface area contributed by atoms with Crippen molar-refractivity contribution in [3.05, 3.63) is 34.9 Å². The Hall–Kier alpha value is -1.97. The van der Waals surface area contributed by atoms with E-state index in [0.29, 0.717) is 22.8 Å². The average molecular weight is 300 g/mol. The van der Waals surface area contributed by atoms with Crippen molar-refractivity contribution in [3.63, 3.8) is 0 Å². The van der Waals surface area contributed by atoms with E-state index in [1.54, 1.807) is 6.07 Å². The summed E-state index contributed by atoms with van der Waals surface area (Å²) < 4.78 is 11.3. The van der Waals surface area contributed by atoms with Crippen molar-refractivity contribution in [2.75, 3.05) is 0 Å². The number of cyclic esters (lactones) is 1. The first-order valence-electron chi connectivity index (χ1n) is 7.80. The fraction of sp³-hybridized carbons (Fsp3) is 0.500. The van der Waals surface area contributed by atoms with E-state index in [-0.39, 0.29) is 29.8 Å². The van der Waals surface area contributed by atoms with E-state index in [1.807, 2.05) is 0 Å². The number of phenols is 1. The molecule has 0 amide bonds. The van der Waals surface area contributed by atoms with E-state index in [2.05, 4.69) is 20.4 Å². The second kappa shape index (κ2) is 4.28. The number of hydrogen-bond donors (Lipinski definition) is 1. The van der Waals surface area contributed by atoms with Gasteiger partial charge in [0.05, 0.1) is 5.56 Å². The number of rotatable bonds is 1. The zero-order valence-corrected chi connectivity index (χ0v) is 12.9. The Morgan fingerprint density at radius 3 is 3.00 bits per heavy atom. The maximum Gasteiger partial charge on any atom is 0.339 e. The van der Waals surface area contributed by atoms with Crippen molar-refractivity contribution < 1.29 is 19.4 Å². The molecule has 0 aromatic heterocycles. The van der Waals surface area contributed by atoms with Crippen molar-refractivity contribution in [2.45, 2.75) is 51.2 Å². The predicted octanol–water partition coefficient (Wildman–Crippen LogP) is 3.67. The normalized spacial score (nSPS) is 31.8. The van der Waals surface area contributed by atoms with E-state index >= 15 is 0 Å². The summed E-state index contributed by atoms with van der Waals surface area (Å²) in [6.07, 6.45) is 2.85. The van der Waals surface area contributed by atoms with E-state index in [4.69, 9.17) is 9.47 Å². The first kappa shape index (κ1) is 13.7. The summed E-state index contributed by atoms with van der Waals surface area (Å²) in [4.78, 5) is 12.2. The van der Waals surface area contributed by atoms with Gasteiger partial charge in [-0.15, -0.1) is 0 Å². The molecule has 0 saturated heterocycles. The zero-order chi connectivity index (χ0) is 15.6. The molecular formula is C18H20O4. The summed E-state index contributed by atoms with van der Waals surface area (Å²) in [5, 5.41) is 10.2. The molecule has 1 fully saturated rings. The van der Waals surface area contributed by atoms with Crippen LogP contribution < -0.4 is 4.74 Å². The molecule has 1 N–H and O–H groups in total. The highest BCUT2D eigenvalue weighted by atomic mass is 16.5. The summed E-state index contributed by atoms with van der Waals surface area (Å²) in [5.41, 5.74) is 2.96. The Balaban J connectivity index is 1.96. The lowest BCUT2D eigenvalue weighted by Gasteiger charge is -2.48. The molecule has 4 rings (SSSR count). The summed E-state index contributed by atoms with van der Waals surface area (Å²) in [5.74, 6) is 0.938. The minimum Gasteiger partial charge on any atom is -0.507 e. The van der Waals surface area contributed by atoms with Gasteiger partial charge in [0.2, 0.25) is 0 Å². The number of allylic oxidation sites excluding steroid dienone is 1. The SMILES string of the molecule is C=C(C)[C@H]1CC[C@]2(C)C[C@H]1c1c(cc(O)c3c1C(=O)OC3)O2. The van der Waals surface area contributed by atoms with Crippen LogP contribution >= 0.6 is 0 Å². The highest BCUT2D eigenvalue weighted by molar-refractivity contribution is 5.97. The quantitative estimate of drug-likeness (QED) is 0.635. The number of esters is 1. The van der Waals surface area contributed by atoms with Crippen molar-refractivity contribution in [2.24, 2.45) is 5.92 Å². The topological polar surface area (TPSA) is 55.8 Å². The lowest BCUT2D eigenvalue weighted by atomic mass is 9.65. The van der Waals surface area contributed by atoms with E-state index < -0.39 is 0 Å². The maximum absolute atomic E-state index is 12.2. The molecule has 0 unspecified atom stereocenters. The minimum absolute atomic E-state index is 0.0926. The lowest BCUT2D eigenvalue weighted by Crippen LogP contribution is -2.44. The molecule has 0 radical (unpaired) electrons. The van der Waals surface area contributed by atoms with Crippen molar-refractivity contribution in [1.82, 2.24) is 0 Å². The van der Waals surface area contributed by atoms with Crippen LogP contribution in [0.3, 0.4) is 0 Å². The highest BCUT2D eigenvalue weighted by Crippen LogP contribution is 2.56. The van der Waals surface area contributed by atoms with E-state index in [9.17, 15) is 9.90 Å². The third-order valence-corrected chi connectivity index (χ3v) is 5.45. The van der Waals surface area contributed by atoms with Crippen molar-refractivity contribution in [3.8, 4) is 11.5 Å². The number of ether oxygens (including phenoxy) is 2. The van der Waals surface area contributed by atoms with Crippen molar-refractivity contribution in [1.29, 1.82) is 0 Å². The summed E-state index contributed by atoms with van der Waals surface area (Å²) in [6.45, 7) is 8.46. The molecule has 2 aliphatic heterocycles. The van der Waals surface area contributed by atoms with E-state index in [0.717, 1.165) is 30.4 Å². The molecule has 2 bridgehead atoms. The molecule has 1 aliphatic carbocycles. The van der Waals surface area contributed by atoms with Crippen LogP contribution in [0.2, 0.25) is 0 Å². The van der Waals surface area contributed by atoms with Crippen LogP contribution in [0.25, 0.3) is 0 Å².